The average Bonchev–Trinajstić information content (AvgIpc) is 0.762. The summed E-state index contributed by atoms with van der Waals surface area (Å²) >= 11 is 7.17. The van der Waals surface area contributed by atoms with Crippen molar-refractivity contribution in [1.82, 2.24) is 47.3 Å². The number of carbonyl (C=O) groups is 9. The van der Waals surface area contributed by atoms with Crippen molar-refractivity contribution >= 4 is 75.0 Å². The third kappa shape index (κ3) is 23.7. The number of aliphatic carboxylic acids is 1. The molecule has 6 aromatic rings. The number of nitrogens with one attached hydrogen (secondary N) is 9. The lowest BCUT2D eigenvalue weighted by atomic mass is 9.86. The Morgan fingerprint density at radius 1 is 0.688 bits per heavy atom. The van der Waals surface area contributed by atoms with E-state index in [2.05, 4.69) is 54.2 Å². The lowest BCUT2D eigenvalue weighted by molar-refractivity contribution is -0.333. The number of sulfonamides is 1. The van der Waals surface area contributed by atoms with Crippen LogP contribution in [0.4, 0.5) is 4.79 Å². The van der Waals surface area contributed by atoms with Crippen LogP contribution in [0.15, 0.2) is 108 Å². The molecule has 0 spiro atoms. The molecular weight excluding hydrogens is 1710 g/mol. The highest BCUT2D eigenvalue weighted by Gasteiger charge is 2.52. The van der Waals surface area contributed by atoms with Gasteiger partial charge in [-0.2, -0.15) is 0 Å². The lowest BCUT2D eigenvalue weighted by Gasteiger charge is -2.47. The maximum absolute atomic E-state index is 16.3. The Morgan fingerprint density at radius 3 is 1.98 bits per heavy atom. The molecule has 22 N–H and O–H groups in total. The number of unbranched alkanes of at least 4 members (excludes halogenated alkanes) is 7. The smallest absolute Gasteiger partial charge is 0.412 e. The summed E-state index contributed by atoms with van der Waals surface area (Å²) in [7, 11) is -2.37. The first-order chi connectivity index (χ1) is 60.8. The number of ether oxygens (including phenoxy) is 8. The second kappa shape index (κ2) is 42.9. The molecule has 0 aliphatic carbocycles. The molecule has 2 fully saturated rings. The Bertz CT molecular complexity index is 5170. The van der Waals surface area contributed by atoms with Crippen LogP contribution in [0.1, 0.15) is 175 Å². The topological polar surface area (TPSA) is 604 Å². The summed E-state index contributed by atoms with van der Waals surface area (Å²) in [5.41, 5.74) is 8.16. The number of nitrogens with two attached hydrogens (primary N) is 2. The molecule has 0 radical (unpaired) electrons. The fourth-order valence-electron chi connectivity index (χ4n) is 15.6. The van der Waals surface area contributed by atoms with Gasteiger partial charge in [-0.1, -0.05) is 89.1 Å². The van der Waals surface area contributed by atoms with E-state index in [4.69, 9.17) is 61.0 Å². The van der Waals surface area contributed by atoms with Gasteiger partial charge in [0.2, 0.25) is 63.4 Å². The second-order valence-electron chi connectivity index (χ2n) is 32.9. The summed E-state index contributed by atoms with van der Waals surface area (Å²) in [6.07, 6.45) is -12.7. The van der Waals surface area contributed by atoms with Crippen LogP contribution in [0.3, 0.4) is 0 Å². The number of phenolic OH excluding ortho intramolecular Hbond substituents is 2. The number of aryl methyl sites for hydroxylation is 1. The molecule has 0 unspecified atom stereocenters. The zero-order chi connectivity index (χ0) is 92.9. The Kier molecular flexibility index (Phi) is 32.7. The fraction of sp³-hybridized carbons (Fsp3) is 0.483. The minimum atomic E-state index is -3.85. The first kappa shape index (κ1) is 97.5. The number of phenols is 2. The van der Waals surface area contributed by atoms with E-state index in [0.717, 1.165) is 92.8 Å². The van der Waals surface area contributed by atoms with E-state index < -0.39 is 259 Å². The molecule has 11 bridgehead atoms. The largest absolute Gasteiger partial charge is 0.507 e. The molecular formula is C87H110ClN11O28S. The molecule has 41 heteroatoms. The van der Waals surface area contributed by atoms with Crippen molar-refractivity contribution < 1.29 is 135 Å². The predicted molar refractivity (Wildman–Crippen MR) is 456 cm³/mol. The number of hydrogen-bond donors (Lipinski definition) is 20. The van der Waals surface area contributed by atoms with Gasteiger partial charge in [-0.25, -0.2) is 22.7 Å². The maximum atomic E-state index is 16.3. The molecule has 7 aliphatic heterocycles. The normalized spacial score (nSPS) is 25.7. The van der Waals surface area contributed by atoms with Crippen LogP contribution in [0.2, 0.25) is 5.02 Å². The summed E-state index contributed by atoms with van der Waals surface area (Å²) in [5.74, 6) is -15.2. The number of hydrogen-bond acceptors (Lipinski definition) is 29. The van der Waals surface area contributed by atoms with Crippen molar-refractivity contribution in [3.05, 3.63) is 142 Å². The summed E-state index contributed by atoms with van der Waals surface area (Å²) in [5, 5.41) is 125. The molecule has 694 valence electrons. The molecule has 6 aromatic carbocycles. The Labute approximate surface area is 742 Å². The van der Waals surface area contributed by atoms with Gasteiger partial charge in [0.05, 0.1) is 47.8 Å². The molecule has 13 rings (SSSR count). The maximum Gasteiger partial charge on any atom is 0.412 e. The van der Waals surface area contributed by atoms with Gasteiger partial charge in [0.25, 0.3) is 0 Å². The van der Waals surface area contributed by atoms with Crippen LogP contribution < -0.4 is 82.4 Å². The number of aliphatic hydroxyl groups excluding tert-OH is 6. The first-order valence-electron chi connectivity index (χ1n) is 42.0. The van der Waals surface area contributed by atoms with Crippen molar-refractivity contribution in [2.45, 2.75) is 233 Å². The van der Waals surface area contributed by atoms with Crippen molar-refractivity contribution in [2.75, 3.05) is 33.4 Å². The van der Waals surface area contributed by atoms with Crippen LogP contribution in [-0.4, -0.2) is 220 Å². The summed E-state index contributed by atoms with van der Waals surface area (Å²) < 4.78 is 79.0. The van der Waals surface area contributed by atoms with E-state index in [9.17, 15) is 73.6 Å². The summed E-state index contributed by atoms with van der Waals surface area (Å²) in [6, 6.07) is 5.84. The number of likely N-dealkylation sites (N-methyl/N-ethyl adjacent to an activating group) is 1. The Morgan fingerprint density at radius 2 is 1.33 bits per heavy atom. The highest BCUT2D eigenvalue weighted by atomic mass is 35.5. The molecule has 0 aromatic heterocycles. The molecule has 2 saturated heterocycles. The lowest BCUT2D eigenvalue weighted by Crippen LogP contribution is -2.64. The predicted octanol–water partition coefficient (Wildman–Crippen LogP) is 4.03. The standard InChI is InChI=1S/C87H110ClN11O28S/c1-8-9-10-13-16-29-120-48-20-22-50(23-21-48)128(118,119)93-28-15-12-11-14-27-92-86(117)122-49-36-52-65(57(102)37-49)51-32-44(17-24-56(51)101)66-80(111)99-70(83(114)97-68(52)84(115)116)72(105)46-19-26-59(53(88)33-46)124-61-35-47-34-60(75(61)127-85-76(74(107)73(106)62(40-100)125-85)126-64-39-87(6,90)77(108)43(5)121-64)123-58-25-18-45(31-42(58)4)71(104)69(98-78(109)54(91-7)30-41(2)3)82(113)94-55(38-63(89)103)79(110)95-67(47)81(112)96-66/h17-26,31-37,41,43,54-55,62,64,66-74,76-77,85,91,93,100-102,104-108H,8-16,27-30,38-40,90H2,1-7H3,(H2,89,103)(H,92,117)(H,94,113)(H,95,110)(H,96,112)(H,97,114)(H,98,109)(H,99,111)(H,115,116)/t43-,54+,55-,62+,64-,66+,67+,68-,69+,70-,71+,72+,73+,74-,76+,77+,85-,87-/m0/s1. The SMILES string of the molecule is CCCCCCCOc1ccc(S(=O)(=O)NCCCCCCNC(=O)Oc2cc(O)c3c(c2)[C@@H](C(=O)O)NC(=O)[C@H]2NC(=O)[C@H](NC(=O)[C@@H]4NC(=O)[C@H](CC(N)=O)NC(=O)[C@H](NC(=O)[C@@H](CC(C)C)NC)[C@H](O)c5ccc(c(C)c5)Oc5cc4cc(c5O[C@@H]4O[C@H](CO)[C@@H](O)[C@H](O)[C@H]4O[C@H]4C[C@](C)(N)[C@H](O)[C@H](C)O4)Oc4ccc(cc4Cl)[C@H]2O)c2ccc(O)c-3c2)cc1. The number of halogens is 1. The van der Waals surface area contributed by atoms with E-state index in [-0.39, 0.29) is 59.2 Å². The quantitative estimate of drug-likeness (QED) is 0.0283. The monoisotopic (exact) mass is 1820 g/mol. The number of aliphatic hydroxyl groups is 6. The molecule has 0 saturated carbocycles. The first-order valence-corrected chi connectivity index (χ1v) is 43.9. The number of carboxylic acids is 1. The number of amides is 8. The highest BCUT2D eigenvalue weighted by molar-refractivity contribution is 7.89. The minimum Gasteiger partial charge on any atom is -0.507 e. The number of fused-ring (bicyclic) bond motifs is 15. The fourth-order valence-corrected chi connectivity index (χ4v) is 16.9. The van der Waals surface area contributed by atoms with Gasteiger partial charge in [0.15, 0.2) is 29.9 Å². The summed E-state index contributed by atoms with van der Waals surface area (Å²) in [6.45, 7) is 9.92. The van der Waals surface area contributed by atoms with Crippen LogP contribution in [0, 0.1) is 12.8 Å². The van der Waals surface area contributed by atoms with Gasteiger partial charge in [-0.05, 0) is 166 Å². The molecule has 39 nitrogen and oxygen atoms in total. The minimum absolute atomic E-state index is 0.00375. The Hall–Kier alpha value is -11.1. The third-order valence-corrected chi connectivity index (χ3v) is 24.3. The molecule has 7 aliphatic rings. The highest BCUT2D eigenvalue weighted by Crippen LogP contribution is 2.50. The van der Waals surface area contributed by atoms with Gasteiger partial charge in [0, 0.05) is 47.8 Å². The van der Waals surface area contributed by atoms with Gasteiger partial charge < -0.3 is 138 Å². The third-order valence-electron chi connectivity index (χ3n) is 22.5. The second-order valence-corrected chi connectivity index (χ2v) is 35.1. The van der Waals surface area contributed by atoms with Gasteiger partial charge in [-0.15, -0.1) is 0 Å². The van der Waals surface area contributed by atoms with E-state index in [1.807, 2.05) is 13.8 Å². The number of carbonyl (C=O) groups excluding carboxylic acids is 8. The van der Waals surface area contributed by atoms with E-state index in [0.29, 0.717) is 38.0 Å². The average molecular weight is 1830 g/mol. The number of carboxylic acid groups (broad SMARTS) is 1. The van der Waals surface area contributed by atoms with Gasteiger partial charge in [0.1, 0.15) is 95.2 Å². The van der Waals surface area contributed by atoms with Crippen molar-refractivity contribution in [3.63, 3.8) is 0 Å². The zero-order valence-corrected chi connectivity index (χ0v) is 72.8. The van der Waals surface area contributed by atoms with Crippen molar-refractivity contribution in [2.24, 2.45) is 17.4 Å². The van der Waals surface area contributed by atoms with Crippen LogP contribution in [0.25, 0.3) is 11.1 Å². The van der Waals surface area contributed by atoms with Crippen molar-refractivity contribution in [1.29, 1.82) is 0 Å². The molecule has 7 heterocycles. The molecule has 128 heavy (non-hydrogen) atoms. The Balaban J connectivity index is 0.992. The van der Waals surface area contributed by atoms with E-state index in [1.54, 1.807) is 12.1 Å². The van der Waals surface area contributed by atoms with E-state index >= 15 is 24.0 Å². The van der Waals surface area contributed by atoms with Crippen LogP contribution in [-0.2, 0) is 62.6 Å². The van der Waals surface area contributed by atoms with Gasteiger partial charge >= 0.3 is 12.1 Å². The van der Waals surface area contributed by atoms with Crippen molar-refractivity contribution in [3.8, 4) is 62.9 Å². The van der Waals surface area contributed by atoms with Crippen LogP contribution in [0.5, 0.6) is 51.7 Å². The molecule has 18 atom stereocenters. The van der Waals surface area contributed by atoms with Gasteiger partial charge in [-0.3, -0.25) is 33.6 Å². The molecule has 8 amide bonds. The number of aromatic hydroxyl groups is 2. The number of rotatable bonds is 30. The summed E-state index contributed by atoms with van der Waals surface area (Å²) in [4.78, 5) is 133. The number of primary amides is 1. The van der Waals surface area contributed by atoms with E-state index in [1.165, 1.54) is 58.2 Å². The zero-order valence-electron chi connectivity index (χ0n) is 71.2. The number of benzene rings is 6. The van der Waals surface area contributed by atoms with Crippen LogP contribution >= 0.6 is 11.6 Å².